The van der Waals surface area contributed by atoms with Crippen LogP contribution in [0.2, 0.25) is 20.1 Å². The van der Waals surface area contributed by atoms with E-state index in [-0.39, 0.29) is 40.9 Å². The molecule has 5 rings (SSSR count). The van der Waals surface area contributed by atoms with Crippen molar-refractivity contribution in [2.75, 3.05) is 0 Å². The van der Waals surface area contributed by atoms with E-state index < -0.39 is 35.4 Å². The van der Waals surface area contributed by atoms with Crippen LogP contribution in [0.15, 0.2) is 59.0 Å². The lowest BCUT2D eigenvalue weighted by Gasteiger charge is -2.14. The Morgan fingerprint density at radius 3 is 1.88 bits per heavy atom. The number of benzene rings is 2. The van der Waals surface area contributed by atoms with Crippen LogP contribution in [0, 0.1) is 0 Å². The predicted molar refractivity (Wildman–Crippen MR) is 195 cm³/mol. The second-order valence-electron chi connectivity index (χ2n) is 10.2. The lowest BCUT2D eigenvalue weighted by atomic mass is 10.0. The zero-order valence-electron chi connectivity index (χ0n) is 24.9. The first-order chi connectivity index (χ1) is 23.2. The highest BCUT2D eigenvalue weighted by Crippen LogP contribution is 2.46. The number of rotatable bonds is 10. The maximum absolute atomic E-state index is 13.2. The summed E-state index contributed by atoms with van der Waals surface area (Å²) in [6.45, 7) is 2.75. The van der Waals surface area contributed by atoms with E-state index in [0.29, 0.717) is 37.3 Å². The summed E-state index contributed by atoms with van der Waals surface area (Å²) in [7, 11) is 0. The minimum atomic E-state index is -1.72. The largest absolute Gasteiger partial charge is 0.506 e. The number of hydrogen-bond acceptors (Lipinski definition) is 10. The summed E-state index contributed by atoms with van der Waals surface area (Å²) in [4.78, 5) is 51.7. The van der Waals surface area contributed by atoms with E-state index in [4.69, 9.17) is 46.4 Å². The number of amides is 2. The molecule has 0 aliphatic rings. The standard InChI is InChI=1S/C32H21Cl4N3O7S3/c1-12(16-11-47-27(25(16)41)14-3-5-17(33)19(35)9-14)38-39-31(44)22-8-7-21(48-22)30(43)37-24(32(45)46)29-23(13(2)40)26(42)28(49-29)15-4-6-18(34)20(36)10-15/h3-11,24,41-42H,1-2H3,(H,37,43)(H,39,44)(H,45,46). The van der Waals surface area contributed by atoms with Crippen LogP contribution in [0.25, 0.3) is 20.9 Å². The fraction of sp³-hybridized carbons (Fsp3) is 0.0938. The molecule has 5 N–H and O–H groups in total. The number of carboxylic acid groups (broad SMARTS) is 1. The van der Waals surface area contributed by atoms with Crippen LogP contribution >= 0.6 is 80.4 Å². The van der Waals surface area contributed by atoms with Gasteiger partial charge in [0.25, 0.3) is 11.8 Å². The average molecular weight is 798 g/mol. The van der Waals surface area contributed by atoms with Crippen molar-refractivity contribution < 1.29 is 34.5 Å². The van der Waals surface area contributed by atoms with Crippen molar-refractivity contribution in [3.05, 3.63) is 99.8 Å². The third kappa shape index (κ3) is 7.63. The van der Waals surface area contributed by atoms with E-state index in [1.54, 1.807) is 36.6 Å². The van der Waals surface area contributed by atoms with Crippen molar-refractivity contribution in [2.45, 2.75) is 19.9 Å². The Bertz CT molecular complexity index is 2190. The number of Topliss-reactive ketones (excluding diaryl/α,β-unsaturated/α-hetero) is 1. The van der Waals surface area contributed by atoms with Gasteiger partial charge in [-0.2, -0.15) is 5.10 Å². The number of thiophene rings is 3. The van der Waals surface area contributed by atoms with E-state index in [1.807, 2.05) is 0 Å². The Hall–Kier alpha value is -3.95. The fourth-order valence-electron chi connectivity index (χ4n) is 4.54. The van der Waals surface area contributed by atoms with Crippen molar-refractivity contribution in [1.82, 2.24) is 10.7 Å². The van der Waals surface area contributed by atoms with Gasteiger partial charge >= 0.3 is 5.97 Å². The lowest BCUT2D eigenvalue weighted by Crippen LogP contribution is -2.33. The summed E-state index contributed by atoms with van der Waals surface area (Å²) in [6, 6.07) is 10.4. The molecule has 0 aliphatic carbocycles. The zero-order valence-corrected chi connectivity index (χ0v) is 30.4. The fourth-order valence-corrected chi connectivity index (χ4v) is 8.22. The van der Waals surface area contributed by atoms with Crippen LogP contribution in [0.5, 0.6) is 11.5 Å². The summed E-state index contributed by atoms with van der Waals surface area (Å²) in [5, 5.41) is 41.1. The number of carbonyl (C=O) groups excluding carboxylic acids is 3. The van der Waals surface area contributed by atoms with Gasteiger partial charge in [-0.15, -0.1) is 34.0 Å². The Morgan fingerprint density at radius 1 is 0.755 bits per heavy atom. The monoisotopic (exact) mass is 795 g/mol. The first-order valence-corrected chi connectivity index (χ1v) is 17.8. The number of aromatic hydroxyl groups is 2. The Morgan fingerprint density at radius 2 is 1.33 bits per heavy atom. The molecule has 0 radical (unpaired) electrons. The molecule has 49 heavy (non-hydrogen) atoms. The molecule has 2 amide bonds. The second kappa shape index (κ2) is 14.9. The van der Waals surface area contributed by atoms with Gasteiger partial charge in [-0.05, 0) is 61.4 Å². The SMILES string of the molecule is CC(=O)c1c(C(NC(=O)c2ccc(C(=O)NN=C(C)c3csc(-c4ccc(Cl)c(Cl)c4)c3O)s2)C(=O)O)sc(-c2ccc(Cl)c(Cl)c2)c1O. The number of hydrogen-bond donors (Lipinski definition) is 5. The minimum absolute atomic E-state index is 0.00583. The molecule has 1 atom stereocenters. The van der Waals surface area contributed by atoms with Gasteiger partial charge in [0.05, 0.1) is 61.3 Å². The molecule has 0 spiro atoms. The maximum Gasteiger partial charge on any atom is 0.331 e. The molecule has 5 aromatic rings. The molecule has 0 saturated carbocycles. The number of hydrazone groups is 1. The Kier molecular flexibility index (Phi) is 11.0. The van der Waals surface area contributed by atoms with Crippen LogP contribution in [-0.2, 0) is 4.79 Å². The van der Waals surface area contributed by atoms with Gasteiger partial charge in [-0.3, -0.25) is 14.4 Å². The maximum atomic E-state index is 13.2. The normalized spacial score (nSPS) is 12.1. The number of nitrogens with zero attached hydrogens (tertiary/aromatic N) is 1. The molecule has 3 heterocycles. The quantitative estimate of drug-likeness (QED) is 0.0534. The van der Waals surface area contributed by atoms with Crippen molar-refractivity contribution in [3.8, 4) is 32.4 Å². The van der Waals surface area contributed by atoms with Gasteiger partial charge in [-0.1, -0.05) is 58.5 Å². The number of carboxylic acids is 1. The highest BCUT2D eigenvalue weighted by molar-refractivity contribution is 7.17. The van der Waals surface area contributed by atoms with Crippen molar-refractivity contribution in [2.24, 2.45) is 5.10 Å². The summed E-state index contributed by atoms with van der Waals surface area (Å²) in [5.41, 5.74) is 3.83. The lowest BCUT2D eigenvalue weighted by molar-refractivity contribution is -0.139. The first kappa shape index (κ1) is 36.3. The van der Waals surface area contributed by atoms with Gasteiger partial charge in [0.2, 0.25) is 0 Å². The number of aliphatic carboxylic acids is 1. The molecule has 0 bridgehead atoms. The summed E-state index contributed by atoms with van der Waals surface area (Å²) in [6.07, 6.45) is 0. The Balaban J connectivity index is 1.32. The molecule has 10 nitrogen and oxygen atoms in total. The molecule has 0 saturated heterocycles. The van der Waals surface area contributed by atoms with Crippen LogP contribution < -0.4 is 10.7 Å². The Labute approximate surface area is 310 Å². The van der Waals surface area contributed by atoms with Gasteiger partial charge in [-0.25, -0.2) is 10.2 Å². The summed E-state index contributed by atoms with van der Waals surface area (Å²) < 4.78 is 0. The van der Waals surface area contributed by atoms with Crippen LogP contribution in [0.3, 0.4) is 0 Å². The molecule has 2 aromatic carbocycles. The molecule has 252 valence electrons. The van der Waals surface area contributed by atoms with Crippen molar-refractivity contribution in [3.63, 3.8) is 0 Å². The van der Waals surface area contributed by atoms with Crippen molar-refractivity contribution in [1.29, 1.82) is 0 Å². The molecular formula is C32H21Cl4N3O7S3. The topological polar surface area (TPSA) is 165 Å². The number of nitrogens with one attached hydrogen (secondary N) is 2. The van der Waals surface area contributed by atoms with E-state index in [2.05, 4.69) is 15.8 Å². The third-order valence-electron chi connectivity index (χ3n) is 6.94. The highest BCUT2D eigenvalue weighted by Gasteiger charge is 2.33. The first-order valence-electron chi connectivity index (χ1n) is 13.7. The van der Waals surface area contributed by atoms with Crippen LogP contribution in [-0.4, -0.2) is 44.6 Å². The summed E-state index contributed by atoms with van der Waals surface area (Å²) >= 11 is 27.0. The van der Waals surface area contributed by atoms with Gasteiger partial charge < -0.3 is 20.6 Å². The number of ketones is 1. The van der Waals surface area contributed by atoms with Crippen LogP contribution in [0.1, 0.15) is 60.0 Å². The minimum Gasteiger partial charge on any atom is -0.506 e. The van der Waals surface area contributed by atoms with E-state index in [0.717, 1.165) is 29.6 Å². The number of carbonyl (C=O) groups is 4. The predicted octanol–water partition coefficient (Wildman–Crippen LogP) is 9.14. The van der Waals surface area contributed by atoms with Crippen LogP contribution in [0.4, 0.5) is 0 Å². The van der Waals surface area contributed by atoms with Gasteiger partial charge in [0.1, 0.15) is 11.5 Å². The highest BCUT2D eigenvalue weighted by atomic mass is 35.5. The van der Waals surface area contributed by atoms with Gasteiger partial charge in [0.15, 0.2) is 11.8 Å². The van der Waals surface area contributed by atoms with E-state index in [9.17, 15) is 34.5 Å². The summed E-state index contributed by atoms with van der Waals surface area (Å²) in [5.74, 6) is -4.13. The smallest absolute Gasteiger partial charge is 0.331 e. The van der Waals surface area contributed by atoms with Gasteiger partial charge in [0, 0.05) is 5.38 Å². The third-order valence-corrected chi connectivity index (χ3v) is 11.8. The number of halogens is 4. The second-order valence-corrected chi connectivity index (χ2v) is 14.9. The van der Waals surface area contributed by atoms with E-state index >= 15 is 0 Å². The average Bonchev–Trinajstić information content (AvgIpc) is 3.78. The molecule has 3 aromatic heterocycles. The van der Waals surface area contributed by atoms with Crippen molar-refractivity contribution >= 4 is 110 Å². The molecular weight excluding hydrogens is 776 g/mol. The zero-order chi connectivity index (χ0) is 35.7. The molecule has 1 unspecified atom stereocenters. The van der Waals surface area contributed by atoms with E-state index in [1.165, 1.54) is 35.6 Å². The molecule has 0 aliphatic heterocycles. The molecule has 17 heteroatoms. The molecule has 0 fully saturated rings.